The Kier molecular flexibility index (Phi) is 3.95. The highest BCUT2D eigenvalue weighted by molar-refractivity contribution is 5.94. The van der Waals surface area contributed by atoms with Gasteiger partial charge in [-0.1, -0.05) is 0 Å². The SMILES string of the molecule is Cc1c(C)n(CCN2CCOCC2)c2ncn3nc(-c4ccco4)nc3c12. The highest BCUT2D eigenvalue weighted by atomic mass is 16.5. The van der Waals surface area contributed by atoms with E-state index in [4.69, 9.17) is 19.1 Å². The Bertz CT molecular complexity index is 1090. The van der Waals surface area contributed by atoms with E-state index in [1.54, 1.807) is 17.1 Å². The van der Waals surface area contributed by atoms with E-state index in [9.17, 15) is 0 Å². The highest BCUT2D eigenvalue weighted by Crippen LogP contribution is 2.28. The lowest BCUT2D eigenvalue weighted by molar-refractivity contribution is 0.0364. The van der Waals surface area contributed by atoms with Crippen LogP contribution in [0.25, 0.3) is 28.3 Å². The molecule has 0 bridgehead atoms. The first-order valence-electron chi connectivity index (χ1n) is 9.27. The number of morpholine rings is 1. The molecular formula is C19H22N6O2. The van der Waals surface area contributed by atoms with E-state index < -0.39 is 0 Å². The molecular weight excluding hydrogens is 344 g/mol. The average molecular weight is 366 g/mol. The van der Waals surface area contributed by atoms with Crippen LogP contribution >= 0.6 is 0 Å². The predicted octanol–water partition coefficient (Wildman–Crippen LogP) is 2.29. The molecule has 1 saturated heterocycles. The Morgan fingerprint density at radius 1 is 1.11 bits per heavy atom. The third-order valence-electron chi connectivity index (χ3n) is 5.43. The van der Waals surface area contributed by atoms with Crippen molar-refractivity contribution in [2.45, 2.75) is 20.4 Å². The molecule has 4 aromatic rings. The van der Waals surface area contributed by atoms with Gasteiger partial charge < -0.3 is 13.7 Å². The van der Waals surface area contributed by atoms with E-state index in [1.165, 1.54) is 11.3 Å². The maximum atomic E-state index is 5.45. The van der Waals surface area contributed by atoms with Crippen LogP contribution < -0.4 is 0 Å². The lowest BCUT2D eigenvalue weighted by atomic mass is 10.2. The number of aromatic nitrogens is 5. The minimum Gasteiger partial charge on any atom is -0.461 e. The third kappa shape index (κ3) is 2.72. The molecule has 0 unspecified atom stereocenters. The Morgan fingerprint density at radius 2 is 1.96 bits per heavy atom. The number of hydrogen-bond donors (Lipinski definition) is 0. The largest absolute Gasteiger partial charge is 0.461 e. The number of aryl methyl sites for hydroxylation is 1. The van der Waals surface area contributed by atoms with Crippen LogP contribution in [0.2, 0.25) is 0 Å². The molecule has 0 radical (unpaired) electrons. The Balaban J connectivity index is 1.56. The fourth-order valence-electron chi connectivity index (χ4n) is 3.78. The topological polar surface area (TPSA) is 73.6 Å². The van der Waals surface area contributed by atoms with Crippen molar-refractivity contribution in [2.75, 3.05) is 32.8 Å². The molecule has 27 heavy (non-hydrogen) atoms. The van der Waals surface area contributed by atoms with Crippen molar-refractivity contribution in [3.63, 3.8) is 0 Å². The monoisotopic (exact) mass is 366 g/mol. The smallest absolute Gasteiger partial charge is 0.217 e. The summed E-state index contributed by atoms with van der Waals surface area (Å²) in [6.45, 7) is 9.79. The van der Waals surface area contributed by atoms with Gasteiger partial charge in [0.25, 0.3) is 0 Å². The maximum Gasteiger partial charge on any atom is 0.217 e. The molecule has 4 aromatic heterocycles. The average Bonchev–Trinajstić information content (AvgIpc) is 3.41. The molecule has 1 fully saturated rings. The predicted molar refractivity (Wildman–Crippen MR) is 101 cm³/mol. The Morgan fingerprint density at radius 3 is 2.74 bits per heavy atom. The molecule has 5 heterocycles. The van der Waals surface area contributed by atoms with E-state index in [2.05, 4.69) is 28.4 Å². The molecule has 140 valence electrons. The van der Waals surface area contributed by atoms with E-state index in [1.807, 2.05) is 12.1 Å². The molecule has 8 heteroatoms. The van der Waals surface area contributed by atoms with Crippen LogP contribution in [0.5, 0.6) is 0 Å². The number of nitrogens with zero attached hydrogens (tertiary/aromatic N) is 6. The van der Waals surface area contributed by atoms with Gasteiger partial charge in [0.1, 0.15) is 12.0 Å². The van der Waals surface area contributed by atoms with E-state index in [0.29, 0.717) is 11.6 Å². The molecule has 0 amide bonds. The molecule has 0 aromatic carbocycles. The number of furan rings is 1. The molecule has 0 saturated carbocycles. The normalized spacial score (nSPS) is 15.9. The van der Waals surface area contributed by atoms with E-state index in [0.717, 1.165) is 56.1 Å². The van der Waals surface area contributed by atoms with Crippen molar-refractivity contribution in [3.05, 3.63) is 36.0 Å². The maximum absolute atomic E-state index is 5.45. The first kappa shape index (κ1) is 16.5. The molecule has 5 rings (SSSR count). The fraction of sp³-hybridized carbons (Fsp3) is 0.421. The molecule has 1 aliphatic heterocycles. The van der Waals surface area contributed by atoms with Crippen molar-refractivity contribution in [1.82, 2.24) is 29.0 Å². The Labute approximate surface area is 156 Å². The van der Waals surface area contributed by atoms with Gasteiger partial charge in [-0.2, -0.15) is 0 Å². The second-order valence-electron chi connectivity index (χ2n) is 6.94. The van der Waals surface area contributed by atoms with Gasteiger partial charge in [-0.15, -0.1) is 5.10 Å². The van der Waals surface area contributed by atoms with Crippen molar-refractivity contribution < 1.29 is 9.15 Å². The summed E-state index contributed by atoms with van der Waals surface area (Å²) in [4.78, 5) is 11.9. The van der Waals surface area contributed by atoms with Gasteiger partial charge in [-0.25, -0.2) is 14.5 Å². The van der Waals surface area contributed by atoms with Gasteiger partial charge >= 0.3 is 0 Å². The van der Waals surface area contributed by atoms with Crippen molar-refractivity contribution >= 4 is 16.7 Å². The number of rotatable bonds is 4. The Hall–Kier alpha value is -2.71. The molecule has 0 N–H and O–H groups in total. The van der Waals surface area contributed by atoms with Crippen molar-refractivity contribution in [3.8, 4) is 11.6 Å². The zero-order chi connectivity index (χ0) is 18.4. The van der Waals surface area contributed by atoms with Gasteiger partial charge in [0, 0.05) is 31.9 Å². The van der Waals surface area contributed by atoms with Crippen LogP contribution in [-0.4, -0.2) is 61.9 Å². The van der Waals surface area contributed by atoms with E-state index >= 15 is 0 Å². The zero-order valence-electron chi connectivity index (χ0n) is 15.6. The van der Waals surface area contributed by atoms with Crippen LogP contribution in [0.1, 0.15) is 11.3 Å². The van der Waals surface area contributed by atoms with Gasteiger partial charge in [0.2, 0.25) is 5.82 Å². The van der Waals surface area contributed by atoms with Crippen LogP contribution in [0.3, 0.4) is 0 Å². The lowest BCUT2D eigenvalue weighted by Gasteiger charge is -2.26. The fourth-order valence-corrected chi connectivity index (χ4v) is 3.78. The first-order valence-corrected chi connectivity index (χ1v) is 9.27. The minimum atomic E-state index is 0.576. The lowest BCUT2D eigenvalue weighted by Crippen LogP contribution is -2.38. The second kappa shape index (κ2) is 6.47. The molecule has 8 nitrogen and oxygen atoms in total. The van der Waals surface area contributed by atoms with Crippen molar-refractivity contribution in [1.29, 1.82) is 0 Å². The first-order chi connectivity index (χ1) is 13.2. The van der Waals surface area contributed by atoms with Crippen molar-refractivity contribution in [2.24, 2.45) is 0 Å². The summed E-state index contributed by atoms with van der Waals surface area (Å²) < 4.78 is 14.9. The summed E-state index contributed by atoms with van der Waals surface area (Å²) >= 11 is 0. The number of hydrogen-bond acceptors (Lipinski definition) is 6. The second-order valence-corrected chi connectivity index (χ2v) is 6.94. The van der Waals surface area contributed by atoms with Gasteiger partial charge in [0.05, 0.1) is 24.9 Å². The van der Waals surface area contributed by atoms with Crippen LogP contribution in [-0.2, 0) is 11.3 Å². The highest BCUT2D eigenvalue weighted by Gasteiger charge is 2.19. The molecule has 1 aliphatic rings. The molecule has 0 spiro atoms. The number of fused-ring (bicyclic) bond motifs is 3. The summed E-state index contributed by atoms with van der Waals surface area (Å²) in [6.07, 6.45) is 3.37. The van der Waals surface area contributed by atoms with Crippen LogP contribution in [0.15, 0.2) is 29.1 Å². The minimum absolute atomic E-state index is 0.576. The standard InChI is InChI=1S/C19H22N6O2/c1-13-14(2)24(6-5-23-7-10-26-11-8-23)18-16(13)19-21-17(15-4-3-9-27-15)22-25(19)12-20-18/h3-4,9,12H,5-8,10-11H2,1-2H3. The summed E-state index contributed by atoms with van der Waals surface area (Å²) in [7, 11) is 0. The molecule has 0 aliphatic carbocycles. The van der Waals surface area contributed by atoms with Gasteiger partial charge in [-0.05, 0) is 31.5 Å². The quantitative estimate of drug-likeness (QED) is 0.552. The van der Waals surface area contributed by atoms with Crippen LogP contribution in [0, 0.1) is 13.8 Å². The summed E-state index contributed by atoms with van der Waals surface area (Å²) in [5, 5.41) is 5.58. The summed E-state index contributed by atoms with van der Waals surface area (Å²) in [5.74, 6) is 1.24. The third-order valence-corrected chi connectivity index (χ3v) is 5.43. The number of ether oxygens (including phenoxy) is 1. The zero-order valence-corrected chi connectivity index (χ0v) is 15.6. The van der Waals surface area contributed by atoms with Crippen LogP contribution in [0.4, 0.5) is 0 Å². The van der Waals surface area contributed by atoms with Gasteiger partial charge in [-0.3, -0.25) is 4.90 Å². The van der Waals surface area contributed by atoms with Gasteiger partial charge in [0.15, 0.2) is 11.4 Å². The molecule has 0 atom stereocenters. The van der Waals surface area contributed by atoms with E-state index in [-0.39, 0.29) is 0 Å². The summed E-state index contributed by atoms with van der Waals surface area (Å²) in [6, 6.07) is 3.71. The summed E-state index contributed by atoms with van der Waals surface area (Å²) in [5.41, 5.74) is 4.20.